The van der Waals surface area contributed by atoms with Gasteiger partial charge in [0, 0.05) is 12.3 Å². The lowest BCUT2D eigenvalue weighted by Crippen LogP contribution is -2.09. The van der Waals surface area contributed by atoms with Gasteiger partial charge >= 0.3 is 0 Å². The fourth-order valence-electron chi connectivity index (χ4n) is 1.73. The van der Waals surface area contributed by atoms with Crippen molar-refractivity contribution in [3.8, 4) is 0 Å². The van der Waals surface area contributed by atoms with Gasteiger partial charge in [0.05, 0.1) is 0 Å². The Balaban J connectivity index is 2.63. The van der Waals surface area contributed by atoms with Crippen molar-refractivity contribution in [3.63, 3.8) is 0 Å². The Bertz CT molecular complexity index is 269. The first-order valence-electron chi connectivity index (χ1n) is 5.56. The summed E-state index contributed by atoms with van der Waals surface area (Å²) >= 11 is 0. The molecule has 0 atom stereocenters. The summed E-state index contributed by atoms with van der Waals surface area (Å²) in [5, 5.41) is 0. The molecule has 78 valence electrons. The van der Waals surface area contributed by atoms with Crippen LogP contribution in [-0.2, 0) is 4.79 Å². The molecular weight excluding hydrogens is 172 g/mol. The predicted molar refractivity (Wildman–Crippen MR) is 60.2 cm³/mol. The summed E-state index contributed by atoms with van der Waals surface area (Å²) in [5.74, 6) is 0.522. The van der Waals surface area contributed by atoms with Crippen LogP contribution in [0.25, 0.3) is 0 Å². The van der Waals surface area contributed by atoms with Gasteiger partial charge in [-0.25, -0.2) is 0 Å². The number of hydrogen-bond donors (Lipinski definition) is 0. The van der Waals surface area contributed by atoms with Gasteiger partial charge in [0.15, 0.2) is 0 Å². The third-order valence-corrected chi connectivity index (χ3v) is 2.75. The fourth-order valence-corrected chi connectivity index (χ4v) is 1.73. The van der Waals surface area contributed by atoms with Crippen LogP contribution in [0.3, 0.4) is 0 Å². The van der Waals surface area contributed by atoms with Crippen LogP contribution in [0.15, 0.2) is 23.3 Å². The van der Waals surface area contributed by atoms with Crippen molar-refractivity contribution in [3.05, 3.63) is 23.3 Å². The van der Waals surface area contributed by atoms with Crippen molar-refractivity contribution in [1.82, 2.24) is 0 Å². The van der Waals surface area contributed by atoms with Crippen LogP contribution < -0.4 is 0 Å². The molecule has 0 spiro atoms. The number of allylic oxidation sites excluding steroid dienone is 4. The summed E-state index contributed by atoms with van der Waals surface area (Å²) in [6.07, 6.45) is 8.45. The molecule has 0 amide bonds. The molecule has 1 heteroatoms. The number of carbonyl (C=O) groups is 1. The van der Waals surface area contributed by atoms with E-state index in [4.69, 9.17) is 0 Å². The largest absolute Gasteiger partial charge is 0.299 e. The number of hydrogen-bond acceptors (Lipinski definition) is 1. The van der Waals surface area contributed by atoms with Crippen LogP contribution in [0, 0.1) is 5.92 Å². The van der Waals surface area contributed by atoms with E-state index in [-0.39, 0.29) is 5.92 Å². The van der Waals surface area contributed by atoms with Crippen LogP contribution in [0.1, 0.15) is 46.5 Å². The quantitative estimate of drug-likeness (QED) is 0.664. The minimum atomic E-state index is 0.163. The topological polar surface area (TPSA) is 17.1 Å². The zero-order valence-electron chi connectivity index (χ0n) is 9.47. The van der Waals surface area contributed by atoms with Gasteiger partial charge in [-0.1, -0.05) is 32.9 Å². The molecule has 14 heavy (non-hydrogen) atoms. The molecule has 0 radical (unpaired) electrons. The van der Waals surface area contributed by atoms with E-state index in [2.05, 4.69) is 19.1 Å². The standard InChI is InChI=1S/C13H20O/c1-4-11-7-5-6-8-12(11)9-13(14)10(2)3/h7-8,10H,4-6,9H2,1-3H3. The van der Waals surface area contributed by atoms with Crippen LogP contribution in [-0.4, -0.2) is 5.78 Å². The fraction of sp³-hybridized carbons (Fsp3) is 0.615. The minimum absolute atomic E-state index is 0.163. The Morgan fingerprint density at radius 3 is 2.36 bits per heavy atom. The molecule has 1 aliphatic carbocycles. The van der Waals surface area contributed by atoms with Crippen LogP contribution in [0.4, 0.5) is 0 Å². The summed E-state index contributed by atoms with van der Waals surface area (Å²) in [7, 11) is 0. The van der Waals surface area contributed by atoms with Crippen molar-refractivity contribution in [1.29, 1.82) is 0 Å². The molecule has 0 saturated carbocycles. The van der Waals surface area contributed by atoms with Gasteiger partial charge in [-0.3, -0.25) is 4.79 Å². The molecule has 0 aromatic rings. The monoisotopic (exact) mass is 192 g/mol. The Kier molecular flexibility index (Phi) is 4.12. The average molecular weight is 192 g/mol. The Hall–Kier alpha value is -0.850. The maximum atomic E-state index is 11.6. The second kappa shape index (κ2) is 5.14. The molecule has 0 saturated heterocycles. The zero-order valence-corrected chi connectivity index (χ0v) is 9.47. The van der Waals surface area contributed by atoms with E-state index >= 15 is 0 Å². The maximum absolute atomic E-state index is 11.6. The van der Waals surface area contributed by atoms with Crippen molar-refractivity contribution < 1.29 is 4.79 Å². The zero-order chi connectivity index (χ0) is 10.6. The number of rotatable bonds is 4. The van der Waals surface area contributed by atoms with Gasteiger partial charge in [-0.05, 0) is 30.4 Å². The lowest BCUT2D eigenvalue weighted by molar-refractivity contribution is -0.121. The second-order valence-corrected chi connectivity index (χ2v) is 4.19. The van der Waals surface area contributed by atoms with Gasteiger partial charge < -0.3 is 0 Å². The lowest BCUT2D eigenvalue weighted by Gasteiger charge is -2.15. The Morgan fingerprint density at radius 1 is 1.29 bits per heavy atom. The van der Waals surface area contributed by atoms with Crippen LogP contribution in [0.5, 0.6) is 0 Å². The normalized spacial score (nSPS) is 16.6. The molecule has 0 bridgehead atoms. The van der Waals surface area contributed by atoms with E-state index < -0.39 is 0 Å². The maximum Gasteiger partial charge on any atom is 0.139 e. The molecule has 0 N–H and O–H groups in total. The highest BCUT2D eigenvalue weighted by Crippen LogP contribution is 2.25. The Labute approximate surface area is 86.9 Å². The molecule has 1 rings (SSSR count). The third kappa shape index (κ3) is 2.83. The van der Waals surface area contributed by atoms with Crippen LogP contribution in [0.2, 0.25) is 0 Å². The van der Waals surface area contributed by atoms with E-state index in [9.17, 15) is 4.79 Å². The van der Waals surface area contributed by atoms with Crippen molar-refractivity contribution in [2.45, 2.75) is 46.5 Å². The van der Waals surface area contributed by atoms with Gasteiger partial charge in [-0.2, -0.15) is 0 Å². The summed E-state index contributed by atoms with van der Waals surface area (Å²) in [6.45, 7) is 6.10. The minimum Gasteiger partial charge on any atom is -0.299 e. The van der Waals surface area contributed by atoms with Gasteiger partial charge in [0.25, 0.3) is 0 Å². The van der Waals surface area contributed by atoms with Crippen molar-refractivity contribution in [2.75, 3.05) is 0 Å². The molecule has 0 heterocycles. The molecule has 0 aromatic heterocycles. The number of Topliss-reactive ketones (excluding diaryl/α,β-unsaturated/α-hetero) is 1. The smallest absolute Gasteiger partial charge is 0.139 e. The highest BCUT2D eigenvalue weighted by atomic mass is 16.1. The summed E-state index contributed by atoms with van der Waals surface area (Å²) < 4.78 is 0. The number of ketones is 1. The Morgan fingerprint density at radius 2 is 1.86 bits per heavy atom. The highest BCUT2D eigenvalue weighted by Gasteiger charge is 2.13. The molecule has 0 aliphatic heterocycles. The molecule has 0 fully saturated rings. The predicted octanol–water partition coefficient (Wildman–Crippen LogP) is 3.66. The molecule has 0 aromatic carbocycles. The second-order valence-electron chi connectivity index (χ2n) is 4.19. The summed E-state index contributed by atoms with van der Waals surface area (Å²) in [4.78, 5) is 11.6. The van der Waals surface area contributed by atoms with Gasteiger partial charge in [0.1, 0.15) is 5.78 Å². The average Bonchev–Trinajstić information content (AvgIpc) is 2.18. The first-order valence-corrected chi connectivity index (χ1v) is 5.56. The van der Waals surface area contributed by atoms with Crippen molar-refractivity contribution in [2.24, 2.45) is 5.92 Å². The molecule has 0 unspecified atom stereocenters. The van der Waals surface area contributed by atoms with Crippen LogP contribution >= 0.6 is 0 Å². The van der Waals surface area contributed by atoms with E-state index in [1.165, 1.54) is 11.1 Å². The summed E-state index contributed by atoms with van der Waals surface area (Å²) in [5.41, 5.74) is 2.66. The van der Waals surface area contributed by atoms with Gasteiger partial charge in [-0.15, -0.1) is 0 Å². The number of carbonyl (C=O) groups excluding carboxylic acids is 1. The SMILES string of the molecule is CCC1=CCCC=C1CC(=O)C(C)C. The summed E-state index contributed by atoms with van der Waals surface area (Å²) in [6, 6.07) is 0. The molecule has 1 nitrogen and oxygen atoms in total. The molecular formula is C13H20O. The molecule has 1 aliphatic rings. The first-order chi connectivity index (χ1) is 6.65. The van der Waals surface area contributed by atoms with E-state index in [1.807, 2.05) is 13.8 Å². The van der Waals surface area contributed by atoms with E-state index in [1.54, 1.807) is 0 Å². The van der Waals surface area contributed by atoms with E-state index in [0.717, 1.165) is 19.3 Å². The lowest BCUT2D eigenvalue weighted by atomic mass is 9.90. The highest BCUT2D eigenvalue weighted by molar-refractivity contribution is 5.83. The first kappa shape index (κ1) is 11.2. The van der Waals surface area contributed by atoms with Gasteiger partial charge in [0.2, 0.25) is 0 Å². The van der Waals surface area contributed by atoms with E-state index in [0.29, 0.717) is 12.2 Å². The van der Waals surface area contributed by atoms with Crippen molar-refractivity contribution >= 4 is 5.78 Å². The third-order valence-electron chi connectivity index (χ3n) is 2.75.